The predicted molar refractivity (Wildman–Crippen MR) is 81.6 cm³/mol. The van der Waals surface area contributed by atoms with E-state index >= 15 is 0 Å². The van der Waals surface area contributed by atoms with Gasteiger partial charge in [0.1, 0.15) is 5.82 Å². The molecule has 5 heteroatoms. The number of pyridine rings is 1. The molecule has 0 aliphatic heterocycles. The summed E-state index contributed by atoms with van der Waals surface area (Å²) in [7, 11) is 4.06. The van der Waals surface area contributed by atoms with Crippen molar-refractivity contribution < 1.29 is 0 Å². The monoisotopic (exact) mass is 273 g/mol. The number of hydrogen-bond acceptors (Lipinski definition) is 4. The van der Waals surface area contributed by atoms with Gasteiger partial charge in [0.2, 0.25) is 0 Å². The molecule has 1 N–H and O–H groups in total. The number of nitrogens with zero attached hydrogens (tertiary/aromatic N) is 4. The van der Waals surface area contributed by atoms with Gasteiger partial charge in [-0.25, -0.2) is 4.98 Å². The van der Waals surface area contributed by atoms with E-state index in [4.69, 9.17) is 0 Å². The van der Waals surface area contributed by atoms with Gasteiger partial charge in [-0.3, -0.25) is 4.98 Å². The molecule has 0 bridgehead atoms. The molecule has 108 valence electrons. The number of anilines is 1. The minimum Gasteiger partial charge on any atom is -0.366 e. The first-order chi connectivity index (χ1) is 9.61. The summed E-state index contributed by atoms with van der Waals surface area (Å²) >= 11 is 0. The largest absolute Gasteiger partial charge is 0.366 e. The Hall–Kier alpha value is -1.88. The van der Waals surface area contributed by atoms with E-state index in [0.717, 1.165) is 30.3 Å². The molecule has 0 saturated heterocycles. The highest BCUT2D eigenvalue weighted by Crippen LogP contribution is 2.16. The summed E-state index contributed by atoms with van der Waals surface area (Å²) in [4.78, 5) is 11.0. The Morgan fingerprint density at radius 3 is 2.70 bits per heavy atom. The van der Waals surface area contributed by atoms with Crippen molar-refractivity contribution >= 4 is 5.69 Å². The van der Waals surface area contributed by atoms with E-state index in [1.54, 1.807) is 0 Å². The standard InChI is InChI=1S/C15H23N5/c1-5-16-12(2)14-7-6-13(10-18-14)20(4)11-15-17-8-9-19(15)3/h6-10,12,16H,5,11H2,1-4H3. The van der Waals surface area contributed by atoms with Crippen molar-refractivity contribution in [1.29, 1.82) is 0 Å². The first-order valence-corrected chi connectivity index (χ1v) is 6.98. The molecular formula is C15H23N5. The van der Waals surface area contributed by atoms with Crippen molar-refractivity contribution in [2.45, 2.75) is 26.4 Å². The minimum atomic E-state index is 0.286. The quantitative estimate of drug-likeness (QED) is 0.875. The molecule has 0 radical (unpaired) electrons. The number of aromatic nitrogens is 3. The Morgan fingerprint density at radius 1 is 1.35 bits per heavy atom. The van der Waals surface area contributed by atoms with Crippen LogP contribution in [0.3, 0.4) is 0 Å². The van der Waals surface area contributed by atoms with Crippen LogP contribution in [0.1, 0.15) is 31.4 Å². The lowest BCUT2D eigenvalue weighted by Gasteiger charge is -2.19. The number of aryl methyl sites for hydroxylation is 1. The molecule has 0 fully saturated rings. The second-order valence-corrected chi connectivity index (χ2v) is 5.03. The summed E-state index contributed by atoms with van der Waals surface area (Å²) in [6, 6.07) is 4.48. The van der Waals surface area contributed by atoms with E-state index in [-0.39, 0.29) is 6.04 Å². The number of imidazole rings is 1. The summed E-state index contributed by atoms with van der Waals surface area (Å²) in [5.41, 5.74) is 2.17. The van der Waals surface area contributed by atoms with Gasteiger partial charge in [0.15, 0.2) is 0 Å². The fourth-order valence-electron chi connectivity index (χ4n) is 2.14. The zero-order valence-electron chi connectivity index (χ0n) is 12.7. The van der Waals surface area contributed by atoms with E-state index in [2.05, 4.69) is 53.2 Å². The van der Waals surface area contributed by atoms with Crippen LogP contribution in [0.4, 0.5) is 5.69 Å². The van der Waals surface area contributed by atoms with Crippen LogP contribution in [0.25, 0.3) is 0 Å². The Kier molecular flexibility index (Phi) is 4.74. The van der Waals surface area contributed by atoms with E-state index in [1.165, 1.54) is 0 Å². The van der Waals surface area contributed by atoms with Crippen molar-refractivity contribution in [3.63, 3.8) is 0 Å². The van der Waals surface area contributed by atoms with Crippen LogP contribution in [-0.4, -0.2) is 28.1 Å². The highest BCUT2D eigenvalue weighted by Gasteiger charge is 2.08. The normalized spacial score (nSPS) is 12.4. The lowest BCUT2D eigenvalue weighted by Crippen LogP contribution is -2.21. The summed E-state index contributed by atoms with van der Waals surface area (Å²) in [6.07, 6.45) is 5.71. The second kappa shape index (κ2) is 6.52. The lowest BCUT2D eigenvalue weighted by atomic mass is 10.2. The molecular weight excluding hydrogens is 250 g/mol. The smallest absolute Gasteiger partial charge is 0.127 e. The van der Waals surface area contributed by atoms with Crippen molar-refractivity contribution in [2.75, 3.05) is 18.5 Å². The van der Waals surface area contributed by atoms with E-state index < -0.39 is 0 Å². The summed E-state index contributed by atoms with van der Waals surface area (Å²) in [5, 5.41) is 3.36. The van der Waals surface area contributed by atoms with E-state index in [1.807, 2.05) is 30.2 Å². The molecule has 0 saturated carbocycles. The first kappa shape index (κ1) is 14.5. The third kappa shape index (κ3) is 3.36. The zero-order valence-corrected chi connectivity index (χ0v) is 12.7. The van der Waals surface area contributed by atoms with Gasteiger partial charge in [-0.15, -0.1) is 0 Å². The Morgan fingerprint density at radius 2 is 2.15 bits per heavy atom. The number of rotatable bonds is 6. The third-order valence-corrected chi connectivity index (χ3v) is 3.47. The maximum absolute atomic E-state index is 4.54. The first-order valence-electron chi connectivity index (χ1n) is 6.98. The second-order valence-electron chi connectivity index (χ2n) is 5.03. The molecule has 2 aromatic rings. The van der Waals surface area contributed by atoms with Crippen LogP contribution in [-0.2, 0) is 13.6 Å². The van der Waals surface area contributed by atoms with Gasteiger partial charge >= 0.3 is 0 Å². The van der Waals surface area contributed by atoms with Gasteiger partial charge in [0, 0.05) is 32.5 Å². The molecule has 0 aliphatic carbocycles. The highest BCUT2D eigenvalue weighted by molar-refractivity contribution is 5.44. The maximum atomic E-state index is 4.54. The van der Waals surface area contributed by atoms with Crippen molar-refractivity contribution in [2.24, 2.45) is 7.05 Å². The van der Waals surface area contributed by atoms with Crippen molar-refractivity contribution in [3.05, 3.63) is 42.2 Å². The highest BCUT2D eigenvalue weighted by atomic mass is 15.2. The van der Waals surface area contributed by atoms with Crippen molar-refractivity contribution in [3.8, 4) is 0 Å². The molecule has 5 nitrogen and oxygen atoms in total. The van der Waals surface area contributed by atoms with Gasteiger partial charge in [-0.05, 0) is 25.6 Å². The molecule has 1 atom stereocenters. The molecule has 0 aromatic carbocycles. The average molecular weight is 273 g/mol. The zero-order chi connectivity index (χ0) is 14.5. The molecule has 0 aliphatic rings. The fraction of sp³-hybridized carbons (Fsp3) is 0.467. The molecule has 0 amide bonds. The van der Waals surface area contributed by atoms with Crippen LogP contribution < -0.4 is 10.2 Å². The van der Waals surface area contributed by atoms with Gasteiger partial charge in [0.25, 0.3) is 0 Å². The molecule has 0 spiro atoms. The third-order valence-electron chi connectivity index (χ3n) is 3.47. The van der Waals surface area contributed by atoms with Crippen LogP contribution in [0.15, 0.2) is 30.7 Å². The van der Waals surface area contributed by atoms with Crippen LogP contribution >= 0.6 is 0 Å². The van der Waals surface area contributed by atoms with Crippen molar-refractivity contribution in [1.82, 2.24) is 19.9 Å². The SMILES string of the molecule is CCNC(C)c1ccc(N(C)Cc2nccn2C)cn1. The molecule has 1 unspecified atom stereocenters. The summed E-state index contributed by atoms with van der Waals surface area (Å²) < 4.78 is 2.03. The Labute approximate surface area is 120 Å². The molecule has 2 rings (SSSR count). The fourth-order valence-corrected chi connectivity index (χ4v) is 2.14. The summed E-state index contributed by atoms with van der Waals surface area (Å²) in [6.45, 7) is 5.95. The van der Waals surface area contributed by atoms with Gasteiger partial charge in [0.05, 0.1) is 24.1 Å². The van der Waals surface area contributed by atoms with Crippen LogP contribution in [0.5, 0.6) is 0 Å². The Bertz CT molecular complexity index is 531. The Balaban J connectivity index is 2.04. The molecule has 2 aromatic heterocycles. The summed E-state index contributed by atoms with van der Waals surface area (Å²) in [5.74, 6) is 1.04. The topological polar surface area (TPSA) is 46.0 Å². The van der Waals surface area contributed by atoms with Gasteiger partial charge in [-0.1, -0.05) is 6.92 Å². The predicted octanol–water partition coefficient (Wildman–Crippen LogP) is 2.12. The van der Waals surface area contributed by atoms with Gasteiger partial charge in [-0.2, -0.15) is 0 Å². The molecule has 20 heavy (non-hydrogen) atoms. The van der Waals surface area contributed by atoms with Gasteiger partial charge < -0.3 is 14.8 Å². The number of nitrogens with one attached hydrogen (secondary N) is 1. The van der Waals surface area contributed by atoms with Crippen LogP contribution in [0.2, 0.25) is 0 Å². The minimum absolute atomic E-state index is 0.286. The molecule has 2 heterocycles. The van der Waals surface area contributed by atoms with E-state index in [9.17, 15) is 0 Å². The van der Waals surface area contributed by atoms with E-state index in [0.29, 0.717) is 0 Å². The van der Waals surface area contributed by atoms with Crippen LogP contribution in [0, 0.1) is 0 Å². The average Bonchev–Trinajstić information content (AvgIpc) is 2.85. The maximum Gasteiger partial charge on any atom is 0.127 e. The number of hydrogen-bond donors (Lipinski definition) is 1. The lowest BCUT2D eigenvalue weighted by molar-refractivity contribution is 0.583.